The van der Waals surface area contributed by atoms with Crippen molar-refractivity contribution in [2.45, 2.75) is 0 Å². The molecule has 2 aromatic heterocycles. The van der Waals surface area contributed by atoms with Gasteiger partial charge in [-0.25, -0.2) is 4.68 Å². The van der Waals surface area contributed by atoms with Crippen LogP contribution in [0.1, 0.15) is 16.1 Å². The molecule has 78 valence electrons. The van der Waals surface area contributed by atoms with E-state index in [2.05, 4.69) is 42.2 Å². The zero-order valence-corrected chi connectivity index (χ0v) is 11.6. The van der Waals surface area contributed by atoms with E-state index in [0.717, 1.165) is 7.57 Å². The third-order valence-corrected chi connectivity index (χ3v) is 4.19. The fourth-order valence-corrected chi connectivity index (χ4v) is 3.92. The fourth-order valence-electron chi connectivity index (χ4n) is 1.13. The molecule has 0 saturated carbocycles. The van der Waals surface area contributed by atoms with Gasteiger partial charge < -0.3 is 0 Å². The van der Waals surface area contributed by atoms with Gasteiger partial charge in [0.05, 0.1) is 19.3 Å². The van der Waals surface area contributed by atoms with Crippen molar-refractivity contribution >= 4 is 49.0 Å². The number of carbonyl (C=O) groups is 1. The van der Waals surface area contributed by atoms with Gasteiger partial charge in [-0.1, -0.05) is 5.21 Å². The molecule has 2 aromatic rings. The second-order valence-corrected chi connectivity index (χ2v) is 6.56. The number of aromatic nitrogens is 3. The van der Waals surface area contributed by atoms with E-state index >= 15 is 0 Å². The SMILES string of the molecule is Cn1nncc1C(=O)c1cc(Br)sc1Br. The molecule has 0 unspecified atom stereocenters. The Morgan fingerprint density at radius 3 is 2.73 bits per heavy atom. The van der Waals surface area contributed by atoms with Crippen LogP contribution >= 0.6 is 43.2 Å². The number of thiophene rings is 1. The van der Waals surface area contributed by atoms with Crippen LogP contribution < -0.4 is 0 Å². The van der Waals surface area contributed by atoms with Crippen molar-refractivity contribution in [3.63, 3.8) is 0 Å². The highest BCUT2D eigenvalue weighted by Gasteiger charge is 2.18. The molecular formula is C8H5Br2N3OS. The Morgan fingerprint density at radius 2 is 2.27 bits per heavy atom. The van der Waals surface area contributed by atoms with Crippen LogP contribution in [0.4, 0.5) is 0 Å². The molecule has 0 atom stereocenters. The first-order chi connectivity index (χ1) is 7.09. The zero-order chi connectivity index (χ0) is 11.0. The van der Waals surface area contributed by atoms with Gasteiger partial charge in [0, 0.05) is 7.05 Å². The summed E-state index contributed by atoms with van der Waals surface area (Å²) in [6.07, 6.45) is 1.46. The minimum absolute atomic E-state index is 0.0867. The summed E-state index contributed by atoms with van der Waals surface area (Å²) < 4.78 is 3.17. The van der Waals surface area contributed by atoms with Crippen LogP contribution in [-0.2, 0) is 7.05 Å². The van der Waals surface area contributed by atoms with Crippen LogP contribution in [0, 0.1) is 0 Å². The van der Waals surface area contributed by atoms with Crippen molar-refractivity contribution < 1.29 is 4.79 Å². The molecule has 0 bridgehead atoms. The normalized spacial score (nSPS) is 10.6. The fraction of sp³-hybridized carbons (Fsp3) is 0.125. The van der Waals surface area contributed by atoms with Crippen LogP contribution in [0.2, 0.25) is 0 Å². The van der Waals surface area contributed by atoms with Crippen LogP contribution in [0.5, 0.6) is 0 Å². The van der Waals surface area contributed by atoms with Crippen LogP contribution in [0.3, 0.4) is 0 Å². The number of carbonyl (C=O) groups excluding carboxylic acids is 1. The molecule has 0 aromatic carbocycles. The summed E-state index contributed by atoms with van der Waals surface area (Å²) in [6.45, 7) is 0. The van der Waals surface area contributed by atoms with Crippen LogP contribution in [-0.4, -0.2) is 20.8 Å². The van der Waals surface area contributed by atoms with Gasteiger partial charge in [0.25, 0.3) is 0 Å². The van der Waals surface area contributed by atoms with E-state index in [4.69, 9.17) is 0 Å². The van der Waals surface area contributed by atoms with Gasteiger partial charge in [0.1, 0.15) is 5.69 Å². The van der Waals surface area contributed by atoms with E-state index in [1.54, 1.807) is 13.1 Å². The summed E-state index contributed by atoms with van der Waals surface area (Å²) in [5.74, 6) is -0.0867. The van der Waals surface area contributed by atoms with Crippen molar-refractivity contribution in [2.75, 3.05) is 0 Å². The summed E-state index contributed by atoms with van der Waals surface area (Å²) >= 11 is 8.14. The number of hydrogen-bond acceptors (Lipinski definition) is 4. The first-order valence-corrected chi connectivity index (χ1v) is 6.34. The Balaban J connectivity index is 2.45. The number of ketones is 1. The second-order valence-electron chi connectivity index (χ2n) is 2.81. The van der Waals surface area contributed by atoms with Crippen molar-refractivity contribution in [1.82, 2.24) is 15.0 Å². The summed E-state index contributed by atoms with van der Waals surface area (Å²) in [4.78, 5) is 12.0. The number of rotatable bonds is 2. The predicted molar refractivity (Wildman–Crippen MR) is 64.2 cm³/mol. The average Bonchev–Trinajstić information content (AvgIpc) is 2.71. The van der Waals surface area contributed by atoms with E-state index in [0.29, 0.717) is 11.3 Å². The maximum atomic E-state index is 12.0. The maximum Gasteiger partial charge on any atom is 0.214 e. The number of halogens is 2. The van der Waals surface area contributed by atoms with Gasteiger partial charge >= 0.3 is 0 Å². The zero-order valence-electron chi connectivity index (χ0n) is 7.57. The van der Waals surface area contributed by atoms with Gasteiger partial charge in [-0.2, -0.15) is 0 Å². The summed E-state index contributed by atoms with van der Waals surface area (Å²) in [5.41, 5.74) is 1.10. The van der Waals surface area contributed by atoms with Crippen molar-refractivity contribution in [1.29, 1.82) is 0 Å². The largest absolute Gasteiger partial charge is 0.287 e. The molecule has 0 aliphatic heterocycles. The predicted octanol–water partition coefficient (Wildman–Crippen LogP) is 2.63. The van der Waals surface area contributed by atoms with Gasteiger partial charge in [0.15, 0.2) is 0 Å². The molecule has 0 spiro atoms. The lowest BCUT2D eigenvalue weighted by atomic mass is 10.2. The standard InChI is InChI=1S/C8H5Br2N3OS/c1-13-5(3-11-12-13)7(14)4-2-6(9)15-8(4)10/h2-3H,1H3. The molecule has 0 fully saturated rings. The second kappa shape index (κ2) is 4.15. The quantitative estimate of drug-likeness (QED) is 0.782. The number of nitrogens with zero attached hydrogens (tertiary/aromatic N) is 3. The highest BCUT2D eigenvalue weighted by Crippen LogP contribution is 2.32. The minimum Gasteiger partial charge on any atom is -0.287 e. The van der Waals surface area contributed by atoms with E-state index in [1.807, 2.05) is 0 Å². The van der Waals surface area contributed by atoms with Gasteiger partial charge in [0.2, 0.25) is 5.78 Å². The Morgan fingerprint density at radius 1 is 1.53 bits per heavy atom. The molecule has 2 heterocycles. The highest BCUT2D eigenvalue weighted by atomic mass is 79.9. The molecule has 0 aliphatic rings. The van der Waals surface area contributed by atoms with E-state index in [9.17, 15) is 4.79 Å². The Kier molecular flexibility index (Phi) is 3.03. The lowest BCUT2D eigenvalue weighted by Gasteiger charge is -1.97. The van der Waals surface area contributed by atoms with Gasteiger partial charge in [-0.05, 0) is 37.9 Å². The first-order valence-electron chi connectivity index (χ1n) is 3.94. The Hall–Kier alpha value is -0.530. The smallest absolute Gasteiger partial charge is 0.214 e. The Labute approximate surface area is 107 Å². The third-order valence-electron chi connectivity index (χ3n) is 1.85. The molecule has 15 heavy (non-hydrogen) atoms. The average molecular weight is 351 g/mol. The number of aryl methyl sites for hydroxylation is 1. The Bertz CT molecular complexity index is 520. The summed E-state index contributed by atoms with van der Waals surface area (Å²) in [7, 11) is 1.69. The molecule has 0 radical (unpaired) electrons. The van der Waals surface area contributed by atoms with E-state index < -0.39 is 0 Å². The lowest BCUT2D eigenvalue weighted by molar-refractivity contribution is 0.103. The van der Waals surface area contributed by atoms with E-state index in [1.165, 1.54) is 22.2 Å². The lowest BCUT2D eigenvalue weighted by Crippen LogP contribution is -2.07. The number of hydrogen-bond donors (Lipinski definition) is 0. The minimum atomic E-state index is -0.0867. The molecule has 4 nitrogen and oxygen atoms in total. The molecular weight excluding hydrogens is 346 g/mol. The summed E-state index contributed by atoms with van der Waals surface area (Å²) in [5, 5.41) is 7.40. The highest BCUT2D eigenvalue weighted by molar-refractivity contribution is 9.12. The molecule has 2 rings (SSSR count). The first kappa shape index (κ1) is 11.0. The van der Waals surface area contributed by atoms with E-state index in [-0.39, 0.29) is 5.78 Å². The molecule has 7 heteroatoms. The van der Waals surface area contributed by atoms with Crippen molar-refractivity contribution in [3.05, 3.63) is 31.1 Å². The van der Waals surface area contributed by atoms with Crippen molar-refractivity contribution in [2.24, 2.45) is 7.05 Å². The van der Waals surface area contributed by atoms with Crippen molar-refractivity contribution in [3.8, 4) is 0 Å². The molecule has 0 saturated heterocycles. The summed E-state index contributed by atoms with van der Waals surface area (Å²) in [6, 6.07) is 1.78. The molecule has 0 aliphatic carbocycles. The maximum absolute atomic E-state index is 12.0. The monoisotopic (exact) mass is 349 g/mol. The third kappa shape index (κ3) is 2.04. The molecule has 0 N–H and O–H groups in total. The van der Waals surface area contributed by atoms with Gasteiger partial charge in [-0.15, -0.1) is 16.4 Å². The van der Waals surface area contributed by atoms with Crippen LogP contribution in [0.15, 0.2) is 19.8 Å². The topological polar surface area (TPSA) is 47.8 Å². The van der Waals surface area contributed by atoms with Gasteiger partial charge in [-0.3, -0.25) is 4.79 Å². The molecule has 0 amide bonds. The van der Waals surface area contributed by atoms with Crippen LogP contribution in [0.25, 0.3) is 0 Å².